The third-order valence-electron chi connectivity index (χ3n) is 3.31. The Hall–Kier alpha value is -2.05. The van der Waals surface area contributed by atoms with Crippen LogP contribution in [0.1, 0.15) is 27.0 Å². The minimum Gasteiger partial charge on any atom is -0.508 e. The van der Waals surface area contributed by atoms with Crippen molar-refractivity contribution in [3.8, 4) is 5.75 Å². The molecule has 0 spiro atoms. The highest BCUT2D eigenvalue weighted by Crippen LogP contribution is 2.26. The van der Waals surface area contributed by atoms with E-state index in [1.807, 2.05) is 25.1 Å². The van der Waals surface area contributed by atoms with Crippen LogP contribution in [0.3, 0.4) is 0 Å². The number of benzene rings is 1. The van der Waals surface area contributed by atoms with Gasteiger partial charge in [-0.15, -0.1) is 11.3 Å². The molecule has 0 radical (unpaired) electrons. The average molecular weight is 305 g/mol. The number of thiophene rings is 1. The Labute approximate surface area is 128 Å². The van der Waals surface area contributed by atoms with E-state index in [2.05, 4.69) is 17.2 Å². The number of phenolic OH excluding ortho intramolecular Hbond substituents is 1. The van der Waals surface area contributed by atoms with Gasteiger partial charge in [0.25, 0.3) is 5.91 Å². The van der Waals surface area contributed by atoms with Crippen molar-refractivity contribution in [2.45, 2.75) is 20.4 Å². The molecule has 0 fully saturated rings. The van der Waals surface area contributed by atoms with Gasteiger partial charge in [0, 0.05) is 29.7 Å². The number of nitrogens with one attached hydrogen (secondary N) is 1. The van der Waals surface area contributed by atoms with Crippen LogP contribution in [0.15, 0.2) is 30.3 Å². The second kappa shape index (κ2) is 6.60. The van der Waals surface area contributed by atoms with Gasteiger partial charge in [0.1, 0.15) is 5.75 Å². The zero-order chi connectivity index (χ0) is 15.4. The van der Waals surface area contributed by atoms with Gasteiger partial charge in [-0.2, -0.15) is 0 Å². The lowest BCUT2D eigenvalue weighted by atomic mass is 10.2. The molecule has 0 saturated carbocycles. The van der Waals surface area contributed by atoms with Crippen LogP contribution < -0.4 is 16.2 Å². The van der Waals surface area contributed by atoms with Crippen molar-refractivity contribution < 1.29 is 9.90 Å². The van der Waals surface area contributed by atoms with Gasteiger partial charge in [-0.1, -0.05) is 6.07 Å². The lowest BCUT2D eigenvalue weighted by molar-refractivity contribution is 0.0957. The molecule has 0 atom stereocenters. The molecule has 5 nitrogen and oxygen atoms in total. The summed E-state index contributed by atoms with van der Waals surface area (Å²) in [5, 5.41) is 9.60. The number of carbonyl (C=O) groups excluding carboxylic acids is 1. The first-order valence-electron chi connectivity index (χ1n) is 6.69. The monoisotopic (exact) mass is 305 g/mol. The molecule has 0 aliphatic heterocycles. The average Bonchev–Trinajstić information content (AvgIpc) is 2.85. The van der Waals surface area contributed by atoms with Crippen LogP contribution in [0, 0.1) is 6.92 Å². The smallest absolute Gasteiger partial charge is 0.275 e. The molecule has 0 bridgehead atoms. The van der Waals surface area contributed by atoms with Gasteiger partial charge in [0.15, 0.2) is 0 Å². The van der Waals surface area contributed by atoms with Crippen molar-refractivity contribution in [2.24, 2.45) is 5.84 Å². The number of hydrazine groups is 1. The van der Waals surface area contributed by atoms with Crippen molar-refractivity contribution in [1.29, 1.82) is 0 Å². The van der Waals surface area contributed by atoms with Crippen LogP contribution in [0.25, 0.3) is 0 Å². The van der Waals surface area contributed by atoms with E-state index in [0.29, 0.717) is 11.4 Å². The fourth-order valence-corrected chi connectivity index (χ4v) is 3.08. The number of hydrogen-bond acceptors (Lipinski definition) is 5. The molecular formula is C15H19N3O2S. The topological polar surface area (TPSA) is 78.6 Å². The second-order valence-corrected chi connectivity index (χ2v) is 5.96. The fraction of sp³-hybridized carbons (Fsp3) is 0.267. The number of phenols is 1. The Morgan fingerprint density at radius 2 is 2.19 bits per heavy atom. The molecule has 1 amide bonds. The van der Waals surface area contributed by atoms with E-state index in [-0.39, 0.29) is 11.7 Å². The minimum absolute atomic E-state index is 0.246. The highest BCUT2D eigenvalue weighted by Gasteiger charge is 2.14. The van der Waals surface area contributed by atoms with Crippen LogP contribution in [0.2, 0.25) is 0 Å². The highest BCUT2D eigenvalue weighted by atomic mass is 32.1. The lowest BCUT2D eigenvalue weighted by Gasteiger charge is -2.23. The SMILES string of the molecule is CCN(Cc1cc(C(=O)NN)sc1C)c1cccc(O)c1. The Morgan fingerprint density at radius 3 is 2.81 bits per heavy atom. The molecule has 1 aromatic heterocycles. The Morgan fingerprint density at radius 1 is 1.43 bits per heavy atom. The molecule has 6 heteroatoms. The molecule has 2 aromatic rings. The molecular weight excluding hydrogens is 286 g/mol. The summed E-state index contributed by atoms with van der Waals surface area (Å²) in [7, 11) is 0. The van der Waals surface area contributed by atoms with E-state index < -0.39 is 0 Å². The predicted molar refractivity (Wildman–Crippen MR) is 85.5 cm³/mol. The maximum atomic E-state index is 11.6. The number of nitrogens with two attached hydrogens (primary N) is 1. The number of nitrogens with zero attached hydrogens (tertiary/aromatic N) is 1. The van der Waals surface area contributed by atoms with E-state index >= 15 is 0 Å². The summed E-state index contributed by atoms with van der Waals surface area (Å²) in [6, 6.07) is 9.03. The van der Waals surface area contributed by atoms with Crippen molar-refractivity contribution in [3.05, 3.63) is 45.6 Å². The zero-order valence-corrected chi connectivity index (χ0v) is 12.9. The van der Waals surface area contributed by atoms with Crippen LogP contribution >= 0.6 is 11.3 Å². The molecule has 4 N–H and O–H groups in total. The summed E-state index contributed by atoms with van der Waals surface area (Å²) >= 11 is 1.43. The standard InChI is InChI=1S/C15H19N3O2S/c1-3-18(12-5-4-6-13(19)8-12)9-11-7-14(15(20)17-16)21-10(11)2/h4-8,19H,3,9,16H2,1-2H3,(H,17,20). The molecule has 112 valence electrons. The lowest BCUT2D eigenvalue weighted by Crippen LogP contribution is -2.29. The normalized spacial score (nSPS) is 10.4. The number of nitrogen functional groups attached to an aromatic ring is 1. The Kier molecular flexibility index (Phi) is 4.82. The molecule has 0 saturated heterocycles. The van der Waals surface area contributed by atoms with Crippen molar-refractivity contribution in [2.75, 3.05) is 11.4 Å². The summed E-state index contributed by atoms with van der Waals surface area (Å²) in [5.41, 5.74) is 4.19. The number of carbonyl (C=O) groups is 1. The van der Waals surface area contributed by atoms with Gasteiger partial charge < -0.3 is 10.0 Å². The number of anilines is 1. The molecule has 0 aliphatic carbocycles. The van der Waals surface area contributed by atoms with Gasteiger partial charge >= 0.3 is 0 Å². The van der Waals surface area contributed by atoms with E-state index in [1.165, 1.54) is 11.3 Å². The van der Waals surface area contributed by atoms with Gasteiger partial charge in [0.2, 0.25) is 0 Å². The number of aromatic hydroxyl groups is 1. The zero-order valence-electron chi connectivity index (χ0n) is 12.1. The van der Waals surface area contributed by atoms with E-state index in [0.717, 1.165) is 22.7 Å². The molecule has 1 aromatic carbocycles. The Bertz CT molecular complexity index is 640. The van der Waals surface area contributed by atoms with Crippen LogP contribution in [0.4, 0.5) is 5.69 Å². The molecule has 1 heterocycles. The third kappa shape index (κ3) is 3.53. The molecule has 21 heavy (non-hydrogen) atoms. The second-order valence-electron chi connectivity index (χ2n) is 4.70. The Balaban J connectivity index is 2.23. The van der Waals surface area contributed by atoms with E-state index in [1.54, 1.807) is 12.1 Å². The minimum atomic E-state index is -0.269. The summed E-state index contributed by atoms with van der Waals surface area (Å²) in [5.74, 6) is 5.15. The quantitative estimate of drug-likeness (QED) is 0.450. The molecule has 0 unspecified atom stereocenters. The van der Waals surface area contributed by atoms with Gasteiger partial charge in [-0.25, -0.2) is 5.84 Å². The van der Waals surface area contributed by atoms with Gasteiger partial charge in [-0.3, -0.25) is 10.2 Å². The van der Waals surface area contributed by atoms with Crippen LogP contribution in [-0.4, -0.2) is 17.6 Å². The van der Waals surface area contributed by atoms with Crippen molar-refractivity contribution in [1.82, 2.24) is 5.43 Å². The van der Waals surface area contributed by atoms with Crippen LogP contribution in [-0.2, 0) is 6.54 Å². The van der Waals surface area contributed by atoms with E-state index in [9.17, 15) is 9.90 Å². The summed E-state index contributed by atoms with van der Waals surface area (Å²) in [4.78, 5) is 15.4. The first kappa shape index (κ1) is 15.3. The first-order chi connectivity index (χ1) is 10.0. The fourth-order valence-electron chi connectivity index (χ4n) is 2.14. The van der Waals surface area contributed by atoms with Crippen molar-refractivity contribution in [3.63, 3.8) is 0 Å². The predicted octanol–water partition coefficient (Wildman–Crippen LogP) is 2.39. The van der Waals surface area contributed by atoms with Gasteiger partial charge in [0.05, 0.1) is 4.88 Å². The summed E-state index contributed by atoms with van der Waals surface area (Å²) in [6.45, 7) is 5.53. The first-order valence-corrected chi connectivity index (χ1v) is 7.51. The van der Waals surface area contributed by atoms with E-state index in [4.69, 9.17) is 5.84 Å². The number of amides is 1. The number of rotatable bonds is 5. The molecule has 2 rings (SSSR count). The summed E-state index contributed by atoms with van der Waals surface area (Å²) < 4.78 is 0. The number of aryl methyl sites for hydroxylation is 1. The maximum absolute atomic E-state index is 11.6. The largest absolute Gasteiger partial charge is 0.508 e. The van der Waals surface area contributed by atoms with Crippen LogP contribution in [0.5, 0.6) is 5.75 Å². The number of hydrogen-bond donors (Lipinski definition) is 3. The van der Waals surface area contributed by atoms with Crippen molar-refractivity contribution >= 4 is 22.9 Å². The maximum Gasteiger partial charge on any atom is 0.275 e. The third-order valence-corrected chi connectivity index (χ3v) is 4.40. The highest BCUT2D eigenvalue weighted by molar-refractivity contribution is 7.14. The molecule has 0 aliphatic rings. The summed E-state index contributed by atoms with van der Waals surface area (Å²) in [6.07, 6.45) is 0. The van der Waals surface area contributed by atoms with Gasteiger partial charge in [-0.05, 0) is 37.6 Å².